The van der Waals surface area contributed by atoms with Crippen molar-refractivity contribution in [2.45, 2.75) is 13.0 Å². The molecule has 8 heteroatoms. The summed E-state index contributed by atoms with van der Waals surface area (Å²) in [6.45, 7) is 0.977. The Hall–Kier alpha value is -1.63. The molecule has 1 amide bonds. The van der Waals surface area contributed by atoms with E-state index in [-0.39, 0.29) is 30.7 Å². The molecule has 1 aromatic carbocycles. The number of amides is 1. The van der Waals surface area contributed by atoms with Crippen LogP contribution in [-0.4, -0.2) is 27.2 Å². The molecule has 2 aromatic rings. The van der Waals surface area contributed by atoms with Crippen LogP contribution in [0.15, 0.2) is 36.9 Å². The molecule has 0 aliphatic heterocycles. The summed E-state index contributed by atoms with van der Waals surface area (Å²) in [6.07, 6.45) is 3.47. The van der Waals surface area contributed by atoms with Crippen molar-refractivity contribution in [3.8, 4) is 0 Å². The van der Waals surface area contributed by atoms with E-state index in [1.54, 1.807) is 11.0 Å². The third-order valence-electron chi connectivity index (χ3n) is 2.39. The van der Waals surface area contributed by atoms with E-state index in [2.05, 4.69) is 15.4 Å². The minimum atomic E-state index is -0.0737. The first-order valence-electron chi connectivity index (χ1n) is 5.69. The normalized spacial score (nSPS) is 9.25. The number of nitrogens with one attached hydrogen (secondary N) is 1. The highest BCUT2D eigenvalue weighted by atomic mass is 35.5. The number of hydrogen-bond donors (Lipinski definition) is 2. The summed E-state index contributed by atoms with van der Waals surface area (Å²) < 4.78 is 1.72. The molecule has 20 heavy (non-hydrogen) atoms. The van der Waals surface area contributed by atoms with Gasteiger partial charge in [-0.3, -0.25) is 4.79 Å². The lowest BCUT2D eigenvalue weighted by molar-refractivity contribution is -0.116. The number of hydrogen-bond acceptors (Lipinski definition) is 4. The topological polar surface area (TPSA) is 85.8 Å². The van der Waals surface area contributed by atoms with Gasteiger partial charge in [0.05, 0.1) is 6.54 Å². The summed E-state index contributed by atoms with van der Waals surface area (Å²) in [6, 6.07) is 7.62. The molecule has 0 saturated carbocycles. The average Bonchev–Trinajstić information content (AvgIpc) is 2.82. The van der Waals surface area contributed by atoms with Crippen molar-refractivity contribution in [3.63, 3.8) is 0 Å². The van der Waals surface area contributed by atoms with Crippen molar-refractivity contribution in [1.82, 2.24) is 14.8 Å². The fourth-order valence-electron chi connectivity index (χ4n) is 1.60. The molecule has 1 aromatic heterocycles. The van der Waals surface area contributed by atoms with E-state index in [4.69, 9.17) is 5.73 Å². The van der Waals surface area contributed by atoms with E-state index in [9.17, 15) is 4.79 Å². The van der Waals surface area contributed by atoms with Gasteiger partial charge in [-0.1, -0.05) is 12.1 Å². The Morgan fingerprint density at radius 3 is 2.80 bits per heavy atom. The number of carbonyl (C=O) groups is 1. The average molecular weight is 318 g/mol. The Labute approximate surface area is 129 Å². The van der Waals surface area contributed by atoms with E-state index in [1.807, 2.05) is 24.3 Å². The molecule has 1 heterocycles. The van der Waals surface area contributed by atoms with Crippen LogP contribution in [0.5, 0.6) is 0 Å². The summed E-state index contributed by atoms with van der Waals surface area (Å²) in [5.74, 6) is -0.0737. The van der Waals surface area contributed by atoms with E-state index in [0.717, 1.165) is 11.3 Å². The van der Waals surface area contributed by atoms with E-state index >= 15 is 0 Å². The predicted octanol–water partition coefficient (Wildman–Crippen LogP) is 1.46. The first-order valence-corrected chi connectivity index (χ1v) is 5.69. The van der Waals surface area contributed by atoms with Gasteiger partial charge in [0.25, 0.3) is 0 Å². The highest BCUT2D eigenvalue weighted by Crippen LogP contribution is 2.11. The lowest BCUT2D eigenvalue weighted by Crippen LogP contribution is -2.16. The van der Waals surface area contributed by atoms with Gasteiger partial charge in [0.1, 0.15) is 12.7 Å². The van der Waals surface area contributed by atoms with Crippen LogP contribution in [0.4, 0.5) is 5.69 Å². The SMILES string of the molecule is Cl.Cl.NCCC(=O)Nc1cccc(Cn2cncn2)c1. The maximum atomic E-state index is 11.4. The minimum Gasteiger partial charge on any atom is -0.330 e. The van der Waals surface area contributed by atoms with Crippen LogP contribution in [0.1, 0.15) is 12.0 Å². The number of anilines is 1. The molecular formula is C12H17Cl2N5O. The lowest BCUT2D eigenvalue weighted by atomic mass is 10.2. The van der Waals surface area contributed by atoms with Gasteiger partial charge in [0.2, 0.25) is 5.91 Å². The van der Waals surface area contributed by atoms with Crippen LogP contribution in [0, 0.1) is 0 Å². The molecule has 2 rings (SSSR count). The van der Waals surface area contributed by atoms with Crippen molar-refractivity contribution in [2.75, 3.05) is 11.9 Å². The lowest BCUT2D eigenvalue weighted by Gasteiger charge is -2.07. The Kier molecular flexibility index (Phi) is 8.54. The first-order chi connectivity index (χ1) is 8.78. The maximum Gasteiger partial charge on any atom is 0.225 e. The summed E-state index contributed by atoms with van der Waals surface area (Å²) in [4.78, 5) is 15.3. The van der Waals surface area contributed by atoms with Gasteiger partial charge in [-0.25, -0.2) is 9.67 Å². The fourth-order valence-corrected chi connectivity index (χ4v) is 1.60. The second-order valence-corrected chi connectivity index (χ2v) is 3.88. The molecule has 0 spiro atoms. The molecule has 0 radical (unpaired) electrons. The molecule has 110 valence electrons. The highest BCUT2D eigenvalue weighted by Gasteiger charge is 2.02. The smallest absolute Gasteiger partial charge is 0.225 e. The third-order valence-corrected chi connectivity index (χ3v) is 2.39. The van der Waals surface area contributed by atoms with Gasteiger partial charge in [0.15, 0.2) is 0 Å². The minimum absolute atomic E-state index is 0. The maximum absolute atomic E-state index is 11.4. The van der Waals surface area contributed by atoms with Gasteiger partial charge in [-0.15, -0.1) is 24.8 Å². The van der Waals surface area contributed by atoms with Crippen molar-refractivity contribution in [1.29, 1.82) is 0 Å². The Bertz CT molecular complexity index is 518. The zero-order valence-electron chi connectivity index (χ0n) is 10.7. The van der Waals surface area contributed by atoms with Crippen LogP contribution >= 0.6 is 24.8 Å². The molecular weight excluding hydrogens is 301 g/mol. The zero-order chi connectivity index (χ0) is 12.8. The summed E-state index contributed by atoms with van der Waals surface area (Å²) in [5, 5.41) is 6.83. The fraction of sp³-hybridized carbons (Fsp3) is 0.250. The predicted molar refractivity (Wildman–Crippen MR) is 82.4 cm³/mol. The number of benzene rings is 1. The number of nitrogens with two attached hydrogens (primary N) is 1. The molecule has 0 bridgehead atoms. The van der Waals surface area contributed by atoms with Crippen LogP contribution < -0.4 is 11.1 Å². The molecule has 0 aliphatic rings. The monoisotopic (exact) mass is 317 g/mol. The van der Waals surface area contributed by atoms with E-state index < -0.39 is 0 Å². The van der Waals surface area contributed by atoms with Gasteiger partial charge in [-0.05, 0) is 17.7 Å². The Balaban J connectivity index is 0.00000180. The van der Waals surface area contributed by atoms with E-state index in [0.29, 0.717) is 19.5 Å². The largest absolute Gasteiger partial charge is 0.330 e. The molecule has 0 atom stereocenters. The third kappa shape index (κ3) is 5.56. The number of carbonyl (C=O) groups excluding carboxylic acids is 1. The summed E-state index contributed by atoms with van der Waals surface area (Å²) in [7, 11) is 0. The number of halogens is 2. The molecule has 3 N–H and O–H groups in total. The second-order valence-electron chi connectivity index (χ2n) is 3.88. The molecule has 6 nitrogen and oxygen atoms in total. The Morgan fingerprint density at radius 2 is 2.15 bits per heavy atom. The number of aromatic nitrogens is 3. The summed E-state index contributed by atoms with van der Waals surface area (Å²) in [5.41, 5.74) is 7.14. The quantitative estimate of drug-likeness (QED) is 0.874. The van der Waals surface area contributed by atoms with Crippen molar-refractivity contribution in [3.05, 3.63) is 42.5 Å². The molecule has 0 unspecified atom stereocenters. The Morgan fingerprint density at radius 1 is 1.35 bits per heavy atom. The van der Waals surface area contributed by atoms with Gasteiger partial charge in [0, 0.05) is 18.7 Å². The summed E-state index contributed by atoms with van der Waals surface area (Å²) >= 11 is 0. The highest BCUT2D eigenvalue weighted by molar-refractivity contribution is 5.90. The van der Waals surface area contributed by atoms with Gasteiger partial charge < -0.3 is 11.1 Å². The number of rotatable bonds is 5. The number of nitrogens with zero attached hydrogens (tertiary/aromatic N) is 3. The van der Waals surface area contributed by atoms with Crippen LogP contribution in [0.3, 0.4) is 0 Å². The molecule has 0 fully saturated rings. The van der Waals surface area contributed by atoms with Crippen LogP contribution in [0.25, 0.3) is 0 Å². The van der Waals surface area contributed by atoms with Gasteiger partial charge in [-0.2, -0.15) is 5.10 Å². The van der Waals surface area contributed by atoms with Crippen molar-refractivity contribution >= 4 is 36.4 Å². The second kappa shape index (κ2) is 9.30. The zero-order valence-corrected chi connectivity index (χ0v) is 12.4. The van der Waals surface area contributed by atoms with Crippen LogP contribution in [0.2, 0.25) is 0 Å². The van der Waals surface area contributed by atoms with Crippen molar-refractivity contribution < 1.29 is 4.79 Å². The van der Waals surface area contributed by atoms with Gasteiger partial charge >= 0.3 is 0 Å². The molecule has 0 aliphatic carbocycles. The first kappa shape index (κ1) is 18.4. The van der Waals surface area contributed by atoms with Crippen LogP contribution in [-0.2, 0) is 11.3 Å². The van der Waals surface area contributed by atoms with Crippen molar-refractivity contribution in [2.24, 2.45) is 5.73 Å². The molecule has 0 saturated heterocycles. The standard InChI is InChI=1S/C12H15N5O.2ClH/c13-5-4-12(18)16-11-3-1-2-10(6-11)7-17-9-14-8-15-17;;/h1-3,6,8-9H,4-5,7,13H2,(H,16,18);2*1H. The van der Waals surface area contributed by atoms with E-state index in [1.165, 1.54) is 6.33 Å².